The summed E-state index contributed by atoms with van der Waals surface area (Å²) in [5.41, 5.74) is 1.14. The minimum Gasteiger partial charge on any atom is -0.489 e. The molecule has 0 saturated carbocycles. The van der Waals surface area contributed by atoms with E-state index in [1.54, 1.807) is 0 Å². The van der Waals surface area contributed by atoms with Crippen molar-refractivity contribution in [2.45, 2.75) is 40.2 Å². The normalized spacial score (nSPS) is 12.2. The first-order chi connectivity index (χ1) is 11.2. The third-order valence-corrected chi connectivity index (χ3v) is 3.23. The molecule has 1 aromatic rings. The number of aryl methyl sites for hydroxylation is 1. The third kappa shape index (κ3) is 9.97. The molecule has 0 saturated heterocycles. The van der Waals surface area contributed by atoms with Gasteiger partial charge in [0.25, 0.3) is 0 Å². The number of guanidine groups is 1. The second kappa shape index (κ2) is 14.3. The van der Waals surface area contributed by atoms with Crippen LogP contribution in [0, 0.1) is 6.92 Å². The van der Waals surface area contributed by atoms with Crippen molar-refractivity contribution >= 4 is 29.9 Å². The van der Waals surface area contributed by atoms with Crippen LogP contribution in [0.2, 0.25) is 0 Å². The highest BCUT2D eigenvalue weighted by Crippen LogP contribution is 2.17. The van der Waals surface area contributed by atoms with Crippen LogP contribution in [0.1, 0.15) is 32.8 Å². The Morgan fingerprint density at radius 3 is 2.62 bits per heavy atom. The number of aliphatic imine (C=N–C) groups is 1. The Labute approximate surface area is 163 Å². The first-order valence-electron chi connectivity index (χ1n) is 8.49. The van der Waals surface area contributed by atoms with Crippen molar-refractivity contribution in [2.24, 2.45) is 4.99 Å². The minimum atomic E-state index is 0. The van der Waals surface area contributed by atoms with Crippen LogP contribution < -0.4 is 15.4 Å². The molecule has 138 valence electrons. The Hall–Kier alpha value is -1.02. The van der Waals surface area contributed by atoms with Gasteiger partial charge in [-0.05, 0) is 45.7 Å². The monoisotopic (exact) mass is 449 g/mol. The summed E-state index contributed by atoms with van der Waals surface area (Å²) in [5, 5.41) is 6.56. The van der Waals surface area contributed by atoms with Gasteiger partial charge in [0.1, 0.15) is 11.9 Å². The Bertz CT molecular complexity index is 469. The van der Waals surface area contributed by atoms with Crippen molar-refractivity contribution in [2.75, 3.05) is 32.8 Å². The molecule has 2 N–H and O–H groups in total. The van der Waals surface area contributed by atoms with E-state index in [9.17, 15) is 0 Å². The summed E-state index contributed by atoms with van der Waals surface area (Å²) < 4.78 is 11.3. The number of benzene rings is 1. The number of nitrogens with one attached hydrogen (secondary N) is 2. The van der Waals surface area contributed by atoms with Gasteiger partial charge in [-0.25, -0.2) is 4.99 Å². The molecule has 0 fully saturated rings. The Kier molecular flexibility index (Phi) is 13.7. The largest absolute Gasteiger partial charge is 0.489 e. The fraction of sp³-hybridized carbons (Fsp3) is 0.611. The SMILES string of the molecule is CCNC(=NCC(C)Oc1ccccc1C)NCCCOCC.I. The highest BCUT2D eigenvalue weighted by atomic mass is 127. The number of nitrogens with zero attached hydrogens (tertiary/aromatic N) is 1. The zero-order valence-electron chi connectivity index (χ0n) is 15.3. The van der Waals surface area contributed by atoms with Crippen LogP contribution >= 0.6 is 24.0 Å². The molecule has 0 aromatic heterocycles. The topological polar surface area (TPSA) is 54.9 Å². The molecule has 1 unspecified atom stereocenters. The van der Waals surface area contributed by atoms with Gasteiger partial charge in [0, 0.05) is 26.3 Å². The maximum absolute atomic E-state index is 5.95. The van der Waals surface area contributed by atoms with E-state index in [2.05, 4.69) is 35.5 Å². The quantitative estimate of drug-likeness (QED) is 0.249. The number of hydrogen-bond donors (Lipinski definition) is 2. The standard InChI is InChI=1S/C18H31N3O2.HI/c1-5-19-18(20-12-9-13-22-6-2)21-14-16(4)23-17-11-8-7-10-15(17)3;/h7-8,10-11,16H,5-6,9,12-14H2,1-4H3,(H2,19,20,21);1H. The van der Waals surface area contributed by atoms with Gasteiger partial charge in [-0.2, -0.15) is 0 Å². The van der Waals surface area contributed by atoms with E-state index >= 15 is 0 Å². The van der Waals surface area contributed by atoms with Gasteiger partial charge >= 0.3 is 0 Å². The van der Waals surface area contributed by atoms with E-state index in [1.165, 1.54) is 0 Å². The number of hydrogen-bond acceptors (Lipinski definition) is 3. The Morgan fingerprint density at radius 2 is 1.96 bits per heavy atom. The average molecular weight is 449 g/mol. The van der Waals surface area contributed by atoms with E-state index < -0.39 is 0 Å². The zero-order chi connectivity index (χ0) is 16.9. The van der Waals surface area contributed by atoms with Gasteiger partial charge in [0.2, 0.25) is 0 Å². The molecule has 0 spiro atoms. The van der Waals surface area contributed by atoms with E-state index in [4.69, 9.17) is 9.47 Å². The lowest BCUT2D eigenvalue weighted by Gasteiger charge is -2.16. The Morgan fingerprint density at radius 1 is 1.21 bits per heavy atom. The average Bonchev–Trinajstić information content (AvgIpc) is 2.54. The van der Waals surface area contributed by atoms with E-state index in [-0.39, 0.29) is 30.1 Å². The number of para-hydroxylation sites is 1. The minimum absolute atomic E-state index is 0. The second-order valence-electron chi connectivity index (χ2n) is 5.39. The van der Waals surface area contributed by atoms with Crippen LogP contribution in [0.4, 0.5) is 0 Å². The van der Waals surface area contributed by atoms with Crippen molar-refractivity contribution in [3.63, 3.8) is 0 Å². The molecule has 1 rings (SSSR count). The van der Waals surface area contributed by atoms with Crippen molar-refractivity contribution < 1.29 is 9.47 Å². The van der Waals surface area contributed by atoms with Crippen LogP contribution in [0.25, 0.3) is 0 Å². The van der Waals surface area contributed by atoms with Gasteiger partial charge in [0.05, 0.1) is 6.54 Å². The number of rotatable bonds is 10. The lowest BCUT2D eigenvalue weighted by atomic mass is 10.2. The number of halogens is 1. The molecule has 0 radical (unpaired) electrons. The molecule has 5 nitrogen and oxygen atoms in total. The molecule has 0 bridgehead atoms. The van der Waals surface area contributed by atoms with Gasteiger partial charge < -0.3 is 20.1 Å². The molecule has 1 atom stereocenters. The first kappa shape index (κ1) is 23.0. The summed E-state index contributed by atoms with van der Waals surface area (Å²) in [5.74, 6) is 1.74. The zero-order valence-corrected chi connectivity index (χ0v) is 17.6. The molecule has 0 aliphatic carbocycles. The van der Waals surface area contributed by atoms with Crippen LogP contribution in [0.15, 0.2) is 29.3 Å². The maximum Gasteiger partial charge on any atom is 0.191 e. The van der Waals surface area contributed by atoms with Crippen molar-refractivity contribution in [3.05, 3.63) is 29.8 Å². The van der Waals surface area contributed by atoms with Crippen LogP contribution in [-0.2, 0) is 4.74 Å². The molecule has 24 heavy (non-hydrogen) atoms. The lowest BCUT2D eigenvalue weighted by molar-refractivity contribution is 0.145. The lowest BCUT2D eigenvalue weighted by Crippen LogP contribution is -2.38. The van der Waals surface area contributed by atoms with Gasteiger partial charge in [-0.1, -0.05) is 18.2 Å². The first-order valence-corrected chi connectivity index (χ1v) is 8.49. The molecule has 0 heterocycles. The summed E-state index contributed by atoms with van der Waals surface area (Å²) in [4.78, 5) is 4.59. The predicted octanol–water partition coefficient (Wildman–Crippen LogP) is 3.36. The van der Waals surface area contributed by atoms with Gasteiger partial charge in [0.15, 0.2) is 5.96 Å². The van der Waals surface area contributed by atoms with Crippen molar-refractivity contribution in [1.82, 2.24) is 10.6 Å². The van der Waals surface area contributed by atoms with Crippen LogP contribution in [-0.4, -0.2) is 44.9 Å². The molecule has 0 aliphatic rings. The highest BCUT2D eigenvalue weighted by molar-refractivity contribution is 14.0. The fourth-order valence-electron chi connectivity index (χ4n) is 2.03. The smallest absolute Gasteiger partial charge is 0.191 e. The maximum atomic E-state index is 5.95. The van der Waals surface area contributed by atoms with Crippen molar-refractivity contribution in [3.8, 4) is 5.75 Å². The third-order valence-electron chi connectivity index (χ3n) is 3.23. The van der Waals surface area contributed by atoms with E-state index in [0.717, 1.165) is 50.0 Å². The highest BCUT2D eigenvalue weighted by Gasteiger charge is 2.06. The molecule has 0 amide bonds. The summed E-state index contributed by atoms with van der Waals surface area (Å²) in [7, 11) is 0. The summed E-state index contributed by atoms with van der Waals surface area (Å²) in [6.45, 7) is 12.0. The summed E-state index contributed by atoms with van der Waals surface area (Å²) in [6, 6.07) is 8.05. The predicted molar refractivity (Wildman–Crippen MR) is 112 cm³/mol. The van der Waals surface area contributed by atoms with E-state index in [1.807, 2.05) is 32.0 Å². The summed E-state index contributed by atoms with van der Waals surface area (Å²) in [6.07, 6.45) is 0.989. The molecule has 0 aliphatic heterocycles. The fourth-order valence-corrected chi connectivity index (χ4v) is 2.03. The number of ether oxygens (including phenoxy) is 2. The van der Waals surface area contributed by atoms with Crippen LogP contribution in [0.3, 0.4) is 0 Å². The molecule has 6 heteroatoms. The molecule has 1 aromatic carbocycles. The van der Waals surface area contributed by atoms with E-state index in [0.29, 0.717) is 6.54 Å². The molecular weight excluding hydrogens is 417 g/mol. The molecular formula is C18H32IN3O2. The van der Waals surface area contributed by atoms with Gasteiger partial charge in [-0.3, -0.25) is 0 Å². The van der Waals surface area contributed by atoms with Crippen LogP contribution in [0.5, 0.6) is 5.75 Å². The Balaban J connectivity index is 0.00000529. The summed E-state index contributed by atoms with van der Waals surface area (Å²) >= 11 is 0. The van der Waals surface area contributed by atoms with Crippen molar-refractivity contribution in [1.29, 1.82) is 0 Å². The second-order valence-corrected chi connectivity index (χ2v) is 5.39. The van der Waals surface area contributed by atoms with Gasteiger partial charge in [-0.15, -0.1) is 24.0 Å².